The molecule has 0 fully saturated rings. The van der Waals surface area contributed by atoms with E-state index in [1.165, 1.54) is 0 Å². The zero-order valence-electron chi connectivity index (χ0n) is 11.3. The number of ether oxygens (including phenoxy) is 1. The van der Waals surface area contributed by atoms with Gasteiger partial charge in [-0.25, -0.2) is 0 Å². The normalized spacial score (nSPS) is 12.0. The Morgan fingerprint density at radius 2 is 1.84 bits per heavy atom. The van der Waals surface area contributed by atoms with E-state index in [0.29, 0.717) is 5.75 Å². The summed E-state index contributed by atoms with van der Waals surface area (Å²) in [5.41, 5.74) is 0.747. The molecular formula is C14H19NO4. The number of carbonyl (C=O) groups excluding carboxylic acids is 1. The first-order valence-electron chi connectivity index (χ1n) is 6.10. The molecule has 2 N–H and O–H groups in total. The highest BCUT2D eigenvalue weighted by Crippen LogP contribution is 2.20. The molecule has 1 aromatic carbocycles. The van der Waals surface area contributed by atoms with Crippen LogP contribution in [0.2, 0.25) is 0 Å². The minimum atomic E-state index is -0.954. The molecule has 0 aromatic heterocycles. The summed E-state index contributed by atoms with van der Waals surface area (Å²) < 4.78 is 5.05. The van der Waals surface area contributed by atoms with Crippen molar-refractivity contribution in [3.63, 3.8) is 0 Å². The minimum absolute atomic E-state index is 0.148. The molecule has 1 rings (SSSR count). The molecule has 0 spiro atoms. The summed E-state index contributed by atoms with van der Waals surface area (Å²) in [4.78, 5) is 22.6. The molecule has 1 unspecified atom stereocenters. The largest absolute Gasteiger partial charge is 0.497 e. The number of hydrogen-bond donors (Lipinski definition) is 2. The lowest BCUT2D eigenvalue weighted by molar-refractivity contribution is -0.137. The highest BCUT2D eigenvalue weighted by Gasteiger charge is 2.19. The monoisotopic (exact) mass is 265 g/mol. The lowest BCUT2D eigenvalue weighted by Gasteiger charge is -2.19. The van der Waals surface area contributed by atoms with Crippen LogP contribution < -0.4 is 10.1 Å². The van der Waals surface area contributed by atoms with E-state index >= 15 is 0 Å². The second-order valence-electron chi connectivity index (χ2n) is 4.59. The van der Waals surface area contributed by atoms with Crippen molar-refractivity contribution in [1.29, 1.82) is 0 Å². The number of carboxylic acids is 1. The van der Waals surface area contributed by atoms with Crippen LogP contribution in [-0.4, -0.2) is 24.1 Å². The third-order valence-electron chi connectivity index (χ3n) is 2.74. The third kappa shape index (κ3) is 4.62. The molecule has 1 amide bonds. The highest BCUT2D eigenvalue weighted by atomic mass is 16.5. The van der Waals surface area contributed by atoms with E-state index in [-0.39, 0.29) is 18.2 Å². The maximum atomic E-state index is 11.7. The van der Waals surface area contributed by atoms with Crippen molar-refractivity contribution in [3.05, 3.63) is 29.8 Å². The van der Waals surface area contributed by atoms with Gasteiger partial charge < -0.3 is 15.2 Å². The SMILES string of the molecule is COc1ccc(C(CC(=O)O)NC(=O)C(C)C)cc1. The van der Waals surface area contributed by atoms with Gasteiger partial charge in [0.2, 0.25) is 5.91 Å². The molecule has 5 nitrogen and oxygen atoms in total. The number of aliphatic carboxylic acids is 1. The van der Waals surface area contributed by atoms with Gasteiger partial charge in [0.25, 0.3) is 0 Å². The fourth-order valence-corrected chi connectivity index (χ4v) is 1.60. The maximum absolute atomic E-state index is 11.7. The second kappa shape index (κ2) is 6.78. The lowest BCUT2D eigenvalue weighted by Crippen LogP contribution is -2.33. The average molecular weight is 265 g/mol. The van der Waals surface area contributed by atoms with E-state index in [0.717, 1.165) is 5.56 Å². The predicted octanol–water partition coefficient (Wildman–Crippen LogP) is 1.98. The Bertz CT molecular complexity index is 439. The first-order valence-corrected chi connectivity index (χ1v) is 6.10. The summed E-state index contributed by atoms with van der Waals surface area (Å²) >= 11 is 0. The molecule has 0 bridgehead atoms. The minimum Gasteiger partial charge on any atom is -0.497 e. The quantitative estimate of drug-likeness (QED) is 0.824. The third-order valence-corrected chi connectivity index (χ3v) is 2.74. The van der Waals surface area contributed by atoms with E-state index in [4.69, 9.17) is 9.84 Å². The smallest absolute Gasteiger partial charge is 0.305 e. The summed E-state index contributed by atoms with van der Waals surface area (Å²) in [6.45, 7) is 3.53. The molecule has 0 saturated carbocycles. The summed E-state index contributed by atoms with van der Waals surface area (Å²) in [7, 11) is 1.56. The van der Waals surface area contributed by atoms with Gasteiger partial charge in [0.15, 0.2) is 0 Å². The van der Waals surface area contributed by atoms with Gasteiger partial charge in [-0.15, -0.1) is 0 Å². The van der Waals surface area contributed by atoms with Crippen molar-refractivity contribution in [2.75, 3.05) is 7.11 Å². The van der Waals surface area contributed by atoms with Crippen LogP contribution in [0.3, 0.4) is 0 Å². The van der Waals surface area contributed by atoms with Crippen LogP contribution in [0, 0.1) is 5.92 Å². The Balaban J connectivity index is 2.88. The molecule has 0 heterocycles. The molecule has 1 aromatic rings. The fraction of sp³-hybridized carbons (Fsp3) is 0.429. The number of amides is 1. The molecule has 104 valence electrons. The van der Waals surface area contributed by atoms with Crippen LogP contribution in [0.1, 0.15) is 31.9 Å². The van der Waals surface area contributed by atoms with Crippen molar-refractivity contribution in [1.82, 2.24) is 5.32 Å². The van der Waals surface area contributed by atoms with Crippen LogP contribution in [0.15, 0.2) is 24.3 Å². The van der Waals surface area contributed by atoms with Gasteiger partial charge in [-0.1, -0.05) is 26.0 Å². The maximum Gasteiger partial charge on any atom is 0.305 e. The molecule has 0 aliphatic heterocycles. The first kappa shape index (κ1) is 15.0. The molecule has 19 heavy (non-hydrogen) atoms. The van der Waals surface area contributed by atoms with Crippen LogP contribution in [0.4, 0.5) is 0 Å². The van der Waals surface area contributed by atoms with Gasteiger partial charge in [-0.3, -0.25) is 9.59 Å². The number of hydrogen-bond acceptors (Lipinski definition) is 3. The number of benzene rings is 1. The highest BCUT2D eigenvalue weighted by molar-refractivity contribution is 5.79. The molecule has 5 heteroatoms. The Hall–Kier alpha value is -2.04. The first-order chi connectivity index (χ1) is 8.93. The number of carboxylic acid groups (broad SMARTS) is 1. The van der Waals surface area contributed by atoms with E-state index < -0.39 is 12.0 Å². The van der Waals surface area contributed by atoms with E-state index in [1.54, 1.807) is 45.2 Å². The Kier molecular flexibility index (Phi) is 5.36. The fourth-order valence-electron chi connectivity index (χ4n) is 1.60. The number of nitrogens with one attached hydrogen (secondary N) is 1. The van der Waals surface area contributed by atoms with Gasteiger partial charge in [0, 0.05) is 5.92 Å². The molecule has 0 saturated heterocycles. The van der Waals surface area contributed by atoms with Crippen molar-refractivity contribution >= 4 is 11.9 Å². The molecule has 0 aliphatic rings. The van der Waals surface area contributed by atoms with Crippen LogP contribution in [-0.2, 0) is 9.59 Å². The van der Waals surface area contributed by atoms with Crippen molar-refractivity contribution in [3.8, 4) is 5.75 Å². The van der Waals surface area contributed by atoms with Crippen molar-refractivity contribution in [2.24, 2.45) is 5.92 Å². The summed E-state index contributed by atoms with van der Waals surface area (Å²) in [6, 6.07) is 6.47. The van der Waals surface area contributed by atoms with Crippen molar-refractivity contribution < 1.29 is 19.4 Å². The molecule has 1 atom stereocenters. The van der Waals surface area contributed by atoms with Gasteiger partial charge in [-0.05, 0) is 17.7 Å². The Labute approximate surface area is 112 Å². The average Bonchev–Trinajstić information content (AvgIpc) is 2.37. The number of methoxy groups -OCH3 is 1. The zero-order valence-corrected chi connectivity index (χ0v) is 11.3. The Morgan fingerprint density at radius 3 is 2.26 bits per heavy atom. The van der Waals surface area contributed by atoms with E-state index in [2.05, 4.69) is 5.32 Å². The van der Waals surface area contributed by atoms with E-state index in [1.807, 2.05) is 0 Å². The summed E-state index contributed by atoms with van der Waals surface area (Å²) in [5, 5.41) is 11.7. The summed E-state index contributed by atoms with van der Waals surface area (Å²) in [6.07, 6.45) is -0.148. The van der Waals surface area contributed by atoms with Gasteiger partial charge in [0.1, 0.15) is 5.75 Å². The van der Waals surface area contributed by atoms with Crippen LogP contribution in [0.25, 0.3) is 0 Å². The second-order valence-corrected chi connectivity index (χ2v) is 4.59. The molecular weight excluding hydrogens is 246 g/mol. The topological polar surface area (TPSA) is 75.6 Å². The van der Waals surface area contributed by atoms with Gasteiger partial charge in [0.05, 0.1) is 19.6 Å². The molecule has 0 aliphatic carbocycles. The predicted molar refractivity (Wildman–Crippen MR) is 71.0 cm³/mol. The van der Waals surface area contributed by atoms with E-state index in [9.17, 15) is 9.59 Å². The van der Waals surface area contributed by atoms with Crippen molar-refractivity contribution in [2.45, 2.75) is 26.3 Å². The Morgan fingerprint density at radius 1 is 1.26 bits per heavy atom. The van der Waals surface area contributed by atoms with Crippen LogP contribution >= 0.6 is 0 Å². The standard InChI is InChI=1S/C14H19NO4/c1-9(2)14(18)15-12(8-13(16)17)10-4-6-11(19-3)7-5-10/h4-7,9,12H,8H2,1-3H3,(H,15,18)(H,16,17). The number of carbonyl (C=O) groups is 2. The summed E-state index contributed by atoms with van der Waals surface area (Å²) in [5.74, 6) is -0.616. The van der Waals surface area contributed by atoms with Gasteiger partial charge in [-0.2, -0.15) is 0 Å². The number of rotatable bonds is 6. The van der Waals surface area contributed by atoms with Crippen LogP contribution in [0.5, 0.6) is 5.75 Å². The lowest BCUT2D eigenvalue weighted by atomic mass is 10.0. The zero-order chi connectivity index (χ0) is 14.4. The molecule has 0 radical (unpaired) electrons. The van der Waals surface area contributed by atoms with Gasteiger partial charge >= 0.3 is 5.97 Å².